The van der Waals surface area contributed by atoms with Gasteiger partial charge in [0.25, 0.3) is 5.95 Å². The van der Waals surface area contributed by atoms with Gasteiger partial charge in [0.15, 0.2) is 5.65 Å². The molecule has 2 aromatic carbocycles. The van der Waals surface area contributed by atoms with Gasteiger partial charge in [-0.25, -0.2) is 5.43 Å². The van der Waals surface area contributed by atoms with E-state index in [0.29, 0.717) is 12.6 Å². The summed E-state index contributed by atoms with van der Waals surface area (Å²) in [6, 6.07) is 14.1. The van der Waals surface area contributed by atoms with Gasteiger partial charge >= 0.3 is 0 Å². The molecule has 0 radical (unpaired) electrons. The van der Waals surface area contributed by atoms with Crippen LogP contribution >= 0.6 is 15.9 Å². The minimum atomic E-state index is 0.360. The lowest BCUT2D eigenvalue weighted by Gasteiger charge is -2.07. The van der Waals surface area contributed by atoms with Crippen LogP contribution in [-0.2, 0) is 6.54 Å². The van der Waals surface area contributed by atoms with Crippen molar-refractivity contribution < 1.29 is 4.74 Å². The summed E-state index contributed by atoms with van der Waals surface area (Å²) < 4.78 is 8.86. The van der Waals surface area contributed by atoms with Crippen molar-refractivity contribution in [2.75, 3.05) is 12.0 Å². The maximum Gasteiger partial charge on any atom is 0.265 e. The number of ether oxygens (including phenoxy) is 1. The van der Waals surface area contributed by atoms with Gasteiger partial charge in [-0.1, -0.05) is 60.3 Å². The highest BCUT2D eigenvalue weighted by Crippen LogP contribution is 2.27. The number of aryl methyl sites for hydroxylation is 1. The molecule has 0 aliphatic rings. The summed E-state index contributed by atoms with van der Waals surface area (Å²) in [5.74, 6) is 1.13. The monoisotopic (exact) mass is 494 g/mol. The Bertz CT molecular complexity index is 1240. The van der Waals surface area contributed by atoms with Crippen molar-refractivity contribution in [1.82, 2.24) is 19.7 Å². The molecule has 4 rings (SSSR count). The first-order valence-corrected chi connectivity index (χ1v) is 11.8. The zero-order valence-electron chi connectivity index (χ0n) is 18.4. The second-order valence-electron chi connectivity index (χ2n) is 7.52. The molecule has 2 heterocycles. The maximum absolute atomic E-state index is 5.67. The predicted molar refractivity (Wildman–Crippen MR) is 133 cm³/mol. The number of nitrogens with one attached hydrogen (secondary N) is 1. The number of nitrogens with zero attached hydrogens (tertiary/aromatic N) is 5. The fourth-order valence-electron chi connectivity index (χ4n) is 3.74. The van der Waals surface area contributed by atoms with Crippen LogP contribution in [0.15, 0.2) is 52.0 Å². The first kappa shape index (κ1) is 22.2. The Kier molecular flexibility index (Phi) is 7.32. The van der Waals surface area contributed by atoms with Crippen LogP contribution in [0.1, 0.15) is 45.1 Å². The number of rotatable bonds is 10. The average molecular weight is 495 g/mol. The fraction of sp³-hybridized carbons (Fsp3) is 0.333. The standard InChI is InChI=1S/C24H27BrN6O/c1-3-5-6-9-14-31-20-11-8-7-10-19(20)22-23(31)27-24(30-28-22)29-26-16-17-15-18(25)12-13-21(17)32-4-2/h7-8,10-13,15-16H,3-6,9,14H2,1-2H3,(H,27,29,30)/b26-16+. The van der Waals surface area contributed by atoms with Crippen molar-refractivity contribution in [3.8, 4) is 5.75 Å². The van der Waals surface area contributed by atoms with Crippen LogP contribution in [0, 0.1) is 0 Å². The summed E-state index contributed by atoms with van der Waals surface area (Å²) in [6.07, 6.45) is 6.46. The lowest BCUT2D eigenvalue weighted by atomic mass is 10.2. The topological polar surface area (TPSA) is 77.2 Å². The van der Waals surface area contributed by atoms with Gasteiger partial charge in [-0.05, 0) is 37.6 Å². The van der Waals surface area contributed by atoms with Crippen molar-refractivity contribution in [1.29, 1.82) is 0 Å². The van der Waals surface area contributed by atoms with Crippen molar-refractivity contribution >= 4 is 50.2 Å². The van der Waals surface area contributed by atoms with E-state index in [9.17, 15) is 0 Å². The van der Waals surface area contributed by atoms with Crippen molar-refractivity contribution in [3.05, 3.63) is 52.5 Å². The lowest BCUT2D eigenvalue weighted by molar-refractivity contribution is 0.339. The molecule has 0 saturated carbocycles. The number of benzene rings is 2. The molecule has 1 N–H and O–H groups in total. The molecule has 32 heavy (non-hydrogen) atoms. The molecule has 7 nitrogen and oxygen atoms in total. The van der Waals surface area contributed by atoms with Gasteiger partial charge in [0.2, 0.25) is 0 Å². The third-order valence-corrected chi connectivity index (χ3v) is 5.74. The number of anilines is 1. The van der Waals surface area contributed by atoms with E-state index in [1.165, 1.54) is 19.3 Å². The first-order valence-electron chi connectivity index (χ1n) is 11.0. The SMILES string of the molecule is CCCCCCn1c2ccccc2c2nnc(N/N=C/c3cc(Br)ccc3OCC)nc21. The van der Waals surface area contributed by atoms with Crippen LogP contribution in [0.2, 0.25) is 0 Å². The molecule has 0 spiro atoms. The number of hydrazone groups is 1. The van der Waals surface area contributed by atoms with E-state index >= 15 is 0 Å². The molecule has 166 valence electrons. The lowest BCUT2D eigenvalue weighted by Crippen LogP contribution is -2.04. The minimum absolute atomic E-state index is 0.360. The number of aromatic nitrogens is 4. The van der Waals surface area contributed by atoms with E-state index in [0.717, 1.165) is 50.8 Å². The average Bonchev–Trinajstić information content (AvgIpc) is 3.12. The Labute approximate surface area is 196 Å². The number of fused-ring (bicyclic) bond motifs is 3. The van der Waals surface area contributed by atoms with E-state index in [-0.39, 0.29) is 0 Å². The summed E-state index contributed by atoms with van der Waals surface area (Å²) >= 11 is 3.49. The summed E-state index contributed by atoms with van der Waals surface area (Å²) in [4.78, 5) is 4.74. The predicted octanol–water partition coefficient (Wildman–Crippen LogP) is 6.17. The maximum atomic E-state index is 5.67. The number of para-hydroxylation sites is 1. The van der Waals surface area contributed by atoms with Crippen LogP contribution in [-0.4, -0.2) is 32.6 Å². The van der Waals surface area contributed by atoms with Gasteiger partial charge in [0, 0.05) is 22.0 Å². The first-order chi connectivity index (χ1) is 15.7. The van der Waals surface area contributed by atoms with Gasteiger partial charge in [0.05, 0.1) is 18.3 Å². The number of hydrogen-bond donors (Lipinski definition) is 1. The molecule has 0 bridgehead atoms. The zero-order valence-corrected chi connectivity index (χ0v) is 20.0. The Morgan fingerprint density at radius 3 is 2.81 bits per heavy atom. The highest BCUT2D eigenvalue weighted by Gasteiger charge is 2.14. The van der Waals surface area contributed by atoms with Crippen molar-refractivity contribution in [2.45, 2.75) is 46.1 Å². The summed E-state index contributed by atoms with van der Waals surface area (Å²) in [5, 5.41) is 14.1. The molecule has 4 aromatic rings. The largest absolute Gasteiger partial charge is 0.493 e. The number of hydrogen-bond acceptors (Lipinski definition) is 6. The molecule has 0 aliphatic heterocycles. The summed E-state index contributed by atoms with van der Waals surface area (Å²) in [5.41, 5.74) is 6.56. The number of unbranched alkanes of at least 4 members (excludes halogenated alkanes) is 3. The third kappa shape index (κ3) is 4.91. The van der Waals surface area contributed by atoms with E-state index in [1.807, 2.05) is 31.2 Å². The van der Waals surface area contributed by atoms with Gasteiger partial charge in [-0.2, -0.15) is 10.1 Å². The highest BCUT2D eigenvalue weighted by molar-refractivity contribution is 9.10. The molecule has 0 aliphatic carbocycles. The van der Waals surface area contributed by atoms with Crippen LogP contribution in [0.3, 0.4) is 0 Å². The molecule has 0 fully saturated rings. The Balaban J connectivity index is 1.61. The van der Waals surface area contributed by atoms with E-state index in [2.05, 4.69) is 66.3 Å². The van der Waals surface area contributed by atoms with Crippen LogP contribution in [0.4, 0.5) is 5.95 Å². The molecular weight excluding hydrogens is 468 g/mol. The van der Waals surface area contributed by atoms with Gasteiger partial charge in [-0.15, -0.1) is 10.2 Å². The van der Waals surface area contributed by atoms with Crippen LogP contribution < -0.4 is 10.2 Å². The quantitative estimate of drug-likeness (QED) is 0.162. The molecule has 0 saturated heterocycles. The molecule has 0 atom stereocenters. The molecule has 0 unspecified atom stereocenters. The van der Waals surface area contributed by atoms with Crippen LogP contribution in [0.5, 0.6) is 5.75 Å². The third-order valence-electron chi connectivity index (χ3n) is 5.25. The minimum Gasteiger partial charge on any atom is -0.493 e. The van der Waals surface area contributed by atoms with Crippen molar-refractivity contribution in [3.63, 3.8) is 0 Å². The summed E-state index contributed by atoms with van der Waals surface area (Å²) in [6.45, 7) is 5.67. The fourth-order valence-corrected chi connectivity index (χ4v) is 4.12. The Morgan fingerprint density at radius 1 is 1.09 bits per heavy atom. The van der Waals surface area contributed by atoms with Gasteiger partial charge in [-0.3, -0.25) is 0 Å². The molecule has 2 aromatic heterocycles. The molecular formula is C24H27BrN6O. The van der Waals surface area contributed by atoms with Crippen LogP contribution in [0.25, 0.3) is 22.1 Å². The zero-order chi connectivity index (χ0) is 22.3. The van der Waals surface area contributed by atoms with Gasteiger partial charge in [0.1, 0.15) is 11.3 Å². The van der Waals surface area contributed by atoms with E-state index in [1.54, 1.807) is 6.21 Å². The number of halogens is 1. The van der Waals surface area contributed by atoms with E-state index < -0.39 is 0 Å². The van der Waals surface area contributed by atoms with E-state index in [4.69, 9.17) is 9.72 Å². The Hall–Kier alpha value is -3.00. The molecule has 8 heteroatoms. The summed E-state index contributed by atoms with van der Waals surface area (Å²) in [7, 11) is 0. The van der Waals surface area contributed by atoms with Gasteiger partial charge < -0.3 is 9.30 Å². The second-order valence-corrected chi connectivity index (χ2v) is 8.44. The highest BCUT2D eigenvalue weighted by atomic mass is 79.9. The Morgan fingerprint density at radius 2 is 1.97 bits per heavy atom. The normalized spacial score (nSPS) is 11.6. The van der Waals surface area contributed by atoms with Crippen molar-refractivity contribution in [2.24, 2.45) is 5.10 Å². The molecule has 0 amide bonds. The second kappa shape index (κ2) is 10.5. The smallest absolute Gasteiger partial charge is 0.265 e.